The van der Waals surface area contributed by atoms with Crippen LogP contribution in [0.3, 0.4) is 0 Å². The second-order valence-electron chi connectivity index (χ2n) is 8.26. The van der Waals surface area contributed by atoms with Gasteiger partial charge >= 0.3 is 0 Å². The molecule has 1 amide bonds. The van der Waals surface area contributed by atoms with Crippen molar-refractivity contribution in [1.82, 2.24) is 19.3 Å². The number of piperidine rings is 1. The molecule has 140 valence electrons. The summed E-state index contributed by atoms with van der Waals surface area (Å²) in [5.41, 5.74) is 2.69. The van der Waals surface area contributed by atoms with Crippen molar-refractivity contribution in [3.63, 3.8) is 0 Å². The Morgan fingerprint density at radius 2 is 1.96 bits per heavy atom. The van der Waals surface area contributed by atoms with Crippen molar-refractivity contribution in [2.45, 2.75) is 25.4 Å². The number of carbonyl (C=O) groups excluding carboxylic acids is 1. The molecule has 0 aliphatic carbocycles. The number of hydrogen-bond donors (Lipinski definition) is 0. The predicted molar refractivity (Wildman–Crippen MR) is 105 cm³/mol. The van der Waals surface area contributed by atoms with Gasteiger partial charge in [-0.3, -0.25) is 14.6 Å². The van der Waals surface area contributed by atoms with E-state index in [-0.39, 0.29) is 5.91 Å². The van der Waals surface area contributed by atoms with Gasteiger partial charge in [0.25, 0.3) is 0 Å². The van der Waals surface area contributed by atoms with E-state index in [0.717, 1.165) is 26.2 Å². The van der Waals surface area contributed by atoms with Crippen LogP contribution in [0, 0.1) is 5.92 Å². The third kappa shape index (κ3) is 3.38. The van der Waals surface area contributed by atoms with Gasteiger partial charge in [0.2, 0.25) is 5.91 Å². The third-order valence-corrected chi connectivity index (χ3v) is 6.18. The Morgan fingerprint density at radius 3 is 2.73 bits per heavy atom. The Hall–Kier alpha value is -1.85. The highest BCUT2D eigenvalue weighted by atomic mass is 16.2. The molecule has 5 rings (SSSR count). The maximum atomic E-state index is 12.1. The second-order valence-corrected chi connectivity index (χ2v) is 8.26. The summed E-state index contributed by atoms with van der Waals surface area (Å²) in [6.45, 7) is 4.78. The number of hydrogen-bond acceptors (Lipinski definition) is 3. The molecule has 2 atom stereocenters. The first kappa shape index (κ1) is 17.6. The van der Waals surface area contributed by atoms with Crippen molar-refractivity contribution in [2.75, 3.05) is 40.3 Å². The van der Waals surface area contributed by atoms with E-state index in [1.54, 1.807) is 4.90 Å². The Kier molecular flexibility index (Phi) is 4.76. The van der Waals surface area contributed by atoms with E-state index in [4.69, 9.17) is 0 Å². The number of rotatable bonds is 4. The normalized spacial score (nSPS) is 24.1. The van der Waals surface area contributed by atoms with Gasteiger partial charge < -0.3 is 9.47 Å². The van der Waals surface area contributed by atoms with E-state index < -0.39 is 0 Å². The van der Waals surface area contributed by atoms with Gasteiger partial charge in [-0.2, -0.15) is 0 Å². The van der Waals surface area contributed by atoms with Gasteiger partial charge in [0.15, 0.2) is 0 Å². The Labute approximate surface area is 156 Å². The Bertz CT molecular complexity index is 796. The fourth-order valence-corrected chi connectivity index (χ4v) is 4.64. The molecule has 1 aromatic carbocycles. The summed E-state index contributed by atoms with van der Waals surface area (Å²) in [4.78, 5) is 18.9. The lowest BCUT2D eigenvalue weighted by Crippen LogP contribution is -2.44. The molecular weight excluding hydrogens is 324 g/mol. The van der Waals surface area contributed by atoms with Crippen molar-refractivity contribution in [3.05, 3.63) is 36.0 Å². The van der Waals surface area contributed by atoms with Gasteiger partial charge in [-0.1, -0.05) is 18.2 Å². The third-order valence-electron chi connectivity index (χ3n) is 6.18. The zero-order valence-electron chi connectivity index (χ0n) is 16.2. The van der Waals surface area contributed by atoms with Crippen LogP contribution in [0.1, 0.15) is 18.5 Å². The molecule has 2 bridgehead atoms. The topological polar surface area (TPSA) is 31.7 Å². The molecule has 2 aromatic rings. The number of aryl methyl sites for hydroxylation is 1. The zero-order valence-corrected chi connectivity index (χ0v) is 16.2. The first-order valence-corrected chi connectivity index (χ1v) is 9.71. The largest absolute Gasteiger partial charge is 0.348 e. The van der Waals surface area contributed by atoms with Crippen LogP contribution >= 0.6 is 0 Å². The highest BCUT2D eigenvalue weighted by molar-refractivity contribution is 5.81. The van der Waals surface area contributed by atoms with Crippen molar-refractivity contribution < 1.29 is 4.79 Å². The average molecular weight is 354 g/mol. The van der Waals surface area contributed by atoms with Gasteiger partial charge in [-0.05, 0) is 36.3 Å². The first-order valence-electron chi connectivity index (χ1n) is 9.71. The lowest BCUT2D eigenvalue weighted by Gasteiger charge is -2.36. The fraction of sp³-hybridized carbons (Fsp3) is 0.571. The molecule has 5 nitrogen and oxygen atoms in total. The molecule has 0 unspecified atom stereocenters. The molecule has 3 saturated heterocycles. The molecule has 0 saturated carbocycles. The zero-order chi connectivity index (χ0) is 18.3. The lowest BCUT2D eigenvalue weighted by atomic mass is 9.95. The molecule has 3 aliphatic heterocycles. The predicted octanol–water partition coefficient (Wildman–Crippen LogP) is 2.16. The van der Waals surface area contributed by atoms with Crippen molar-refractivity contribution in [3.8, 4) is 0 Å². The molecular formula is C21H30N4O. The highest BCUT2D eigenvalue weighted by Gasteiger charge is 2.35. The van der Waals surface area contributed by atoms with Crippen LogP contribution in [0.15, 0.2) is 30.3 Å². The second kappa shape index (κ2) is 7.05. The summed E-state index contributed by atoms with van der Waals surface area (Å²) in [6, 6.07) is 11.5. The average Bonchev–Trinajstić information content (AvgIpc) is 2.76. The lowest BCUT2D eigenvalue weighted by molar-refractivity contribution is -0.130. The van der Waals surface area contributed by atoms with Crippen molar-refractivity contribution >= 4 is 16.8 Å². The molecule has 0 N–H and O–H groups in total. The molecule has 3 fully saturated rings. The van der Waals surface area contributed by atoms with Gasteiger partial charge in [-0.15, -0.1) is 0 Å². The van der Waals surface area contributed by atoms with Gasteiger partial charge in [0.1, 0.15) is 0 Å². The minimum atomic E-state index is 0.214. The van der Waals surface area contributed by atoms with E-state index >= 15 is 0 Å². The summed E-state index contributed by atoms with van der Waals surface area (Å²) in [7, 11) is 5.87. The number of fused-ring (bicyclic) bond motifs is 5. The van der Waals surface area contributed by atoms with E-state index in [0.29, 0.717) is 18.5 Å². The summed E-state index contributed by atoms with van der Waals surface area (Å²) < 4.78 is 2.33. The molecule has 1 aromatic heterocycles. The highest BCUT2D eigenvalue weighted by Crippen LogP contribution is 2.30. The van der Waals surface area contributed by atoms with Crippen LogP contribution in [0.5, 0.6) is 0 Å². The summed E-state index contributed by atoms with van der Waals surface area (Å²) >= 11 is 0. The van der Waals surface area contributed by atoms with E-state index in [1.165, 1.54) is 29.4 Å². The van der Waals surface area contributed by atoms with E-state index in [2.05, 4.69) is 51.7 Å². The minimum Gasteiger partial charge on any atom is -0.348 e. The summed E-state index contributed by atoms with van der Waals surface area (Å²) in [5, 5.41) is 1.32. The first-order chi connectivity index (χ1) is 12.5. The van der Waals surface area contributed by atoms with Crippen molar-refractivity contribution in [2.24, 2.45) is 13.0 Å². The summed E-state index contributed by atoms with van der Waals surface area (Å²) in [6.07, 6.45) is 2.55. The minimum absolute atomic E-state index is 0.214. The standard InChI is InChI=1S/C21H30N4O/c1-22(2)21(26)15-24-11-16-8-9-18(13-24)25(12-16)14-19-10-17-6-4-5-7-20(17)23(19)3/h4-7,10,16,18H,8-9,11-15H2,1-3H3/t16-,18+/m1/s1. The number of likely N-dealkylation sites (N-methyl/N-ethyl adjacent to an activating group) is 1. The number of benzene rings is 1. The van der Waals surface area contributed by atoms with Gasteiger partial charge in [0.05, 0.1) is 6.54 Å². The SMILES string of the molecule is CN(C)C(=O)CN1C[C@H]2CC[C@@H](C1)N(Cc1cc3ccccc3n1C)C2. The fourth-order valence-electron chi connectivity index (χ4n) is 4.64. The quantitative estimate of drug-likeness (QED) is 0.843. The van der Waals surface area contributed by atoms with Crippen LogP contribution in [0.2, 0.25) is 0 Å². The van der Waals surface area contributed by atoms with Gasteiger partial charge in [-0.25, -0.2) is 0 Å². The number of aromatic nitrogens is 1. The number of amides is 1. The Balaban J connectivity index is 1.49. The molecule has 3 aliphatic rings. The van der Waals surface area contributed by atoms with Crippen LogP contribution in [-0.2, 0) is 18.4 Å². The molecule has 26 heavy (non-hydrogen) atoms. The summed E-state index contributed by atoms with van der Waals surface area (Å²) in [5.74, 6) is 0.893. The number of carbonyl (C=O) groups is 1. The van der Waals surface area contributed by atoms with Crippen LogP contribution < -0.4 is 0 Å². The Morgan fingerprint density at radius 1 is 1.15 bits per heavy atom. The smallest absolute Gasteiger partial charge is 0.236 e. The van der Waals surface area contributed by atoms with Crippen LogP contribution in [-0.4, -0.2) is 71.5 Å². The molecule has 0 radical (unpaired) electrons. The maximum Gasteiger partial charge on any atom is 0.236 e. The van der Waals surface area contributed by atoms with E-state index in [1.807, 2.05) is 14.1 Å². The van der Waals surface area contributed by atoms with Gasteiger partial charge in [0, 0.05) is 64.6 Å². The molecule has 0 spiro atoms. The molecule has 5 heteroatoms. The van der Waals surface area contributed by atoms with Crippen molar-refractivity contribution in [1.29, 1.82) is 0 Å². The number of nitrogens with zero attached hydrogens (tertiary/aromatic N) is 4. The van der Waals surface area contributed by atoms with Crippen LogP contribution in [0.4, 0.5) is 0 Å². The maximum absolute atomic E-state index is 12.1. The van der Waals surface area contributed by atoms with E-state index in [9.17, 15) is 4.79 Å². The monoisotopic (exact) mass is 354 g/mol. The molecule has 4 heterocycles. The van der Waals surface area contributed by atoms with Crippen LogP contribution in [0.25, 0.3) is 10.9 Å². The number of para-hydroxylation sites is 1.